The Morgan fingerprint density at radius 1 is 0.857 bits per heavy atom. The van der Waals surface area contributed by atoms with E-state index < -0.39 is 21.7 Å². The molecule has 0 atom stereocenters. The maximum Gasteiger partial charge on any atom is 0.261 e. The Bertz CT molecular complexity index is 1130. The number of carbonyl (C=O) groups is 1. The van der Waals surface area contributed by atoms with Crippen molar-refractivity contribution in [2.45, 2.75) is 18.7 Å². The zero-order valence-corrected chi connectivity index (χ0v) is 16.2. The zero-order valence-electron chi connectivity index (χ0n) is 15.4. The summed E-state index contributed by atoms with van der Waals surface area (Å²) in [4.78, 5) is 12.3. The lowest BCUT2D eigenvalue weighted by Gasteiger charge is -2.10. The third-order valence-electron chi connectivity index (χ3n) is 4.27. The molecular formula is C21H19FN2O3S. The van der Waals surface area contributed by atoms with Crippen LogP contribution >= 0.6 is 0 Å². The second-order valence-electron chi connectivity index (χ2n) is 6.39. The quantitative estimate of drug-likeness (QED) is 0.665. The summed E-state index contributed by atoms with van der Waals surface area (Å²) in [5.74, 6) is -0.923. The molecule has 0 saturated heterocycles. The SMILES string of the molecule is Cc1ccc(NS(=O)(=O)c2ccc(C(=O)Nc3cccc(F)c3)cc2)cc1C. The summed E-state index contributed by atoms with van der Waals surface area (Å²) in [6, 6.07) is 16.3. The van der Waals surface area contributed by atoms with Gasteiger partial charge in [-0.25, -0.2) is 12.8 Å². The van der Waals surface area contributed by atoms with Crippen LogP contribution in [0.2, 0.25) is 0 Å². The fourth-order valence-electron chi connectivity index (χ4n) is 2.57. The van der Waals surface area contributed by atoms with Crippen molar-refractivity contribution in [2.75, 3.05) is 10.0 Å². The van der Waals surface area contributed by atoms with E-state index in [0.29, 0.717) is 11.4 Å². The normalized spacial score (nSPS) is 11.1. The van der Waals surface area contributed by atoms with Crippen LogP contribution in [0.1, 0.15) is 21.5 Å². The summed E-state index contributed by atoms with van der Waals surface area (Å²) in [7, 11) is -3.78. The molecule has 0 bridgehead atoms. The molecule has 0 aliphatic carbocycles. The van der Waals surface area contributed by atoms with Gasteiger partial charge in [0.15, 0.2) is 0 Å². The first kappa shape index (κ1) is 19.6. The van der Waals surface area contributed by atoms with Crippen LogP contribution in [-0.4, -0.2) is 14.3 Å². The lowest BCUT2D eigenvalue weighted by Crippen LogP contribution is -2.15. The highest BCUT2D eigenvalue weighted by Crippen LogP contribution is 2.20. The molecule has 0 radical (unpaired) electrons. The first-order chi connectivity index (χ1) is 13.2. The molecule has 3 aromatic carbocycles. The highest BCUT2D eigenvalue weighted by molar-refractivity contribution is 7.92. The minimum atomic E-state index is -3.78. The van der Waals surface area contributed by atoms with Gasteiger partial charge >= 0.3 is 0 Å². The molecule has 0 spiro atoms. The van der Waals surface area contributed by atoms with Gasteiger partial charge in [0, 0.05) is 16.9 Å². The molecule has 7 heteroatoms. The summed E-state index contributed by atoms with van der Waals surface area (Å²) in [5.41, 5.74) is 3.09. The smallest absolute Gasteiger partial charge is 0.261 e. The maximum absolute atomic E-state index is 13.2. The minimum Gasteiger partial charge on any atom is -0.322 e. The number of benzene rings is 3. The van der Waals surface area contributed by atoms with Gasteiger partial charge in [-0.1, -0.05) is 12.1 Å². The molecule has 0 saturated carbocycles. The highest BCUT2D eigenvalue weighted by atomic mass is 32.2. The van der Waals surface area contributed by atoms with Crippen molar-refractivity contribution in [3.63, 3.8) is 0 Å². The van der Waals surface area contributed by atoms with E-state index in [2.05, 4.69) is 10.0 Å². The second kappa shape index (κ2) is 7.82. The summed E-state index contributed by atoms with van der Waals surface area (Å²) in [5, 5.41) is 2.56. The van der Waals surface area contributed by atoms with E-state index in [-0.39, 0.29) is 10.5 Å². The lowest BCUT2D eigenvalue weighted by atomic mass is 10.1. The molecule has 144 valence electrons. The zero-order chi connectivity index (χ0) is 20.3. The van der Waals surface area contributed by atoms with Gasteiger partial charge in [0.25, 0.3) is 15.9 Å². The summed E-state index contributed by atoms with van der Waals surface area (Å²) in [6.07, 6.45) is 0. The number of aryl methyl sites for hydroxylation is 2. The molecule has 1 amide bonds. The van der Waals surface area contributed by atoms with Crippen LogP contribution in [0, 0.1) is 19.7 Å². The third-order valence-corrected chi connectivity index (χ3v) is 5.67. The number of hydrogen-bond donors (Lipinski definition) is 2. The van der Waals surface area contributed by atoms with Crippen LogP contribution in [0.3, 0.4) is 0 Å². The van der Waals surface area contributed by atoms with Crippen molar-refractivity contribution < 1.29 is 17.6 Å². The van der Waals surface area contributed by atoms with Crippen LogP contribution in [0.25, 0.3) is 0 Å². The van der Waals surface area contributed by atoms with Crippen molar-refractivity contribution >= 4 is 27.3 Å². The topological polar surface area (TPSA) is 75.3 Å². The van der Waals surface area contributed by atoms with E-state index in [4.69, 9.17) is 0 Å². The molecule has 3 aromatic rings. The Hall–Kier alpha value is -3.19. The van der Waals surface area contributed by atoms with E-state index in [1.54, 1.807) is 18.2 Å². The van der Waals surface area contributed by atoms with Gasteiger partial charge in [0.05, 0.1) is 4.90 Å². The van der Waals surface area contributed by atoms with E-state index >= 15 is 0 Å². The fourth-order valence-corrected chi connectivity index (χ4v) is 3.62. The largest absolute Gasteiger partial charge is 0.322 e. The third kappa shape index (κ3) is 4.55. The molecular weight excluding hydrogens is 379 g/mol. The molecule has 0 aromatic heterocycles. The first-order valence-corrected chi connectivity index (χ1v) is 10.00. The van der Waals surface area contributed by atoms with Crippen molar-refractivity contribution in [3.05, 3.63) is 89.2 Å². The molecule has 5 nitrogen and oxygen atoms in total. The van der Waals surface area contributed by atoms with Crippen LogP contribution in [0.4, 0.5) is 15.8 Å². The second-order valence-corrected chi connectivity index (χ2v) is 8.08. The number of halogens is 1. The molecule has 0 unspecified atom stereocenters. The number of hydrogen-bond acceptors (Lipinski definition) is 3. The van der Waals surface area contributed by atoms with Crippen molar-refractivity contribution in [1.82, 2.24) is 0 Å². The summed E-state index contributed by atoms with van der Waals surface area (Å²) < 4.78 is 40.8. The van der Waals surface area contributed by atoms with Crippen molar-refractivity contribution in [1.29, 1.82) is 0 Å². The van der Waals surface area contributed by atoms with Crippen molar-refractivity contribution in [2.24, 2.45) is 0 Å². The molecule has 28 heavy (non-hydrogen) atoms. The molecule has 3 rings (SSSR count). The highest BCUT2D eigenvalue weighted by Gasteiger charge is 2.16. The predicted molar refractivity (Wildman–Crippen MR) is 108 cm³/mol. The van der Waals surface area contributed by atoms with Gasteiger partial charge in [-0.15, -0.1) is 0 Å². The lowest BCUT2D eigenvalue weighted by molar-refractivity contribution is 0.102. The summed E-state index contributed by atoms with van der Waals surface area (Å²) >= 11 is 0. The number of carbonyl (C=O) groups excluding carboxylic acids is 1. The van der Waals surface area contributed by atoms with E-state index in [0.717, 1.165) is 11.1 Å². The Kier molecular flexibility index (Phi) is 5.46. The number of sulfonamides is 1. The van der Waals surface area contributed by atoms with Gasteiger partial charge in [0.1, 0.15) is 5.82 Å². The Morgan fingerprint density at radius 3 is 2.21 bits per heavy atom. The number of nitrogens with one attached hydrogen (secondary N) is 2. The van der Waals surface area contributed by atoms with Crippen LogP contribution in [0.15, 0.2) is 71.6 Å². The molecule has 0 aliphatic rings. The maximum atomic E-state index is 13.2. The van der Waals surface area contributed by atoms with Gasteiger partial charge in [0.2, 0.25) is 0 Å². The van der Waals surface area contributed by atoms with Crippen LogP contribution < -0.4 is 10.0 Å². The van der Waals surface area contributed by atoms with Gasteiger partial charge in [-0.2, -0.15) is 0 Å². The average molecular weight is 398 g/mol. The van der Waals surface area contributed by atoms with Crippen LogP contribution in [0.5, 0.6) is 0 Å². The van der Waals surface area contributed by atoms with Crippen LogP contribution in [-0.2, 0) is 10.0 Å². The Morgan fingerprint density at radius 2 is 1.57 bits per heavy atom. The van der Waals surface area contributed by atoms with E-state index in [1.807, 2.05) is 19.9 Å². The van der Waals surface area contributed by atoms with E-state index in [9.17, 15) is 17.6 Å². The Labute approximate surface area is 163 Å². The standard InChI is InChI=1S/C21H19FN2O3S/c1-14-6-9-19(12-15(14)2)24-28(26,27)20-10-7-16(8-11-20)21(25)23-18-5-3-4-17(22)13-18/h3-13,24H,1-2H3,(H,23,25). The van der Waals surface area contributed by atoms with Crippen molar-refractivity contribution in [3.8, 4) is 0 Å². The van der Waals surface area contributed by atoms with E-state index in [1.165, 1.54) is 42.5 Å². The Balaban J connectivity index is 1.75. The minimum absolute atomic E-state index is 0.0352. The average Bonchev–Trinajstić information content (AvgIpc) is 2.65. The molecule has 0 aliphatic heterocycles. The monoisotopic (exact) mass is 398 g/mol. The number of rotatable bonds is 5. The molecule has 0 fully saturated rings. The number of anilines is 2. The van der Waals surface area contributed by atoms with Gasteiger partial charge in [-0.05, 0) is 79.6 Å². The summed E-state index contributed by atoms with van der Waals surface area (Å²) in [6.45, 7) is 3.85. The fraction of sp³-hybridized carbons (Fsp3) is 0.0952. The molecule has 2 N–H and O–H groups in total. The first-order valence-electron chi connectivity index (χ1n) is 8.52. The molecule has 0 heterocycles. The predicted octanol–water partition coefficient (Wildman–Crippen LogP) is 4.50. The number of amides is 1. The van der Waals surface area contributed by atoms with Gasteiger partial charge in [-0.3, -0.25) is 9.52 Å². The van der Waals surface area contributed by atoms with Gasteiger partial charge < -0.3 is 5.32 Å².